The van der Waals surface area contributed by atoms with E-state index in [9.17, 15) is 0 Å². The molecule has 0 saturated carbocycles. The van der Waals surface area contributed by atoms with Gasteiger partial charge in [0.2, 0.25) is 0 Å². The molecule has 3 nitrogen and oxygen atoms in total. The van der Waals surface area contributed by atoms with Crippen LogP contribution in [0.5, 0.6) is 0 Å². The van der Waals surface area contributed by atoms with Crippen molar-refractivity contribution in [1.29, 1.82) is 0 Å². The highest BCUT2D eigenvalue weighted by Crippen LogP contribution is 2.29. The van der Waals surface area contributed by atoms with E-state index < -0.39 is 0 Å². The smallest absolute Gasteiger partial charge is 0.158 e. The van der Waals surface area contributed by atoms with Gasteiger partial charge >= 0.3 is 0 Å². The number of aromatic nitrogens is 3. The minimum Gasteiger partial charge on any atom is -0.247 e. The SMILES string of the molecule is CCCn1ncc2c(Br)c(Cl)cnc21. The molecule has 0 fully saturated rings. The molecule has 14 heavy (non-hydrogen) atoms. The van der Waals surface area contributed by atoms with Crippen molar-refractivity contribution in [3.8, 4) is 0 Å². The van der Waals surface area contributed by atoms with Gasteiger partial charge in [0.05, 0.1) is 21.1 Å². The zero-order chi connectivity index (χ0) is 10.1. The Labute approximate surface area is 95.2 Å². The first kappa shape index (κ1) is 9.93. The second-order valence-corrected chi connectivity index (χ2v) is 4.23. The van der Waals surface area contributed by atoms with Crippen LogP contribution in [0.4, 0.5) is 0 Å². The lowest BCUT2D eigenvalue weighted by molar-refractivity contribution is 0.617. The lowest BCUT2D eigenvalue weighted by Gasteiger charge is -2.00. The minimum atomic E-state index is 0.619. The Morgan fingerprint density at radius 2 is 2.29 bits per heavy atom. The molecular formula is C9H9BrClN3. The van der Waals surface area contributed by atoms with Crippen molar-refractivity contribution in [3.63, 3.8) is 0 Å². The standard InChI is InChI=1S/C9H9BrClN3/c1-2-3-14-9-6(4-13-14)8(10)7(11)5-12-9/h4-5H,2-3H2,1H3. The van der Waals surface area contributed by atoms with Gasteiger partial charge in [-0.1, -0.05) is 18.5 Å². The first-order chi connectivity index (χ1) is 6.74. The summed E-state index contributed by atoms with van der Waals surface area (Å²) in [5.74, 6) is 0. The molecule has 0 amide bonds. The molecule has 2 rings (SSSR count). The first-order valence-electron chi connectivity index (χ1n) is 4.39. The summed E-state index contributed by atoms with van der Waals surface area (Å²) in [6.45, 7) is 2.99. The van der Waals surface area contributed by atoms with Crippen molar-refractivity contribution in [2.24, 2.45) is 0 Å². The third kappa shape index (κ3) is 1.53. The summed E-state index contributed by atoms with van der Waals surface area (Å²) in [6, 6.07) is 0. The van der Waals surface area contributed by atoms with Gasteiger partial charge in [-0.15, -0.1) is 0 Å². The van der Waals surface area contributed by atoms with Crippen molar-refractivity contribution < 1.29 is 0 Å². The molecule has 0 aromatic carbocycles. The fourth-order valence-electron chi connectivity index (χ4n) is 1.35. The van der Waals surface area contributed by atoms with E-state index >= 15 is 0 Å². The Morgan fingerprint density at radius 3 is 3.00 bits per heavy atom. The van der Waals surface area contributed by atoms with Crippen molar-refractivity contribution in [1.82, 2.24) is 14.8 Å². The molecule has 0 aliphatic heterocycles. The molecule has 0 radical (unpaired) electrons. The normalized spacial score (nSPS) is 11.1. The Kier molecular flexibility index (Phi) is 2.74. The van der Waals surface area contributed by atoms with Crippen LogP contribution in [0, 0.1) is 0 Å². The summed E-state index contributed by atoms with van der Waals surface area (Å²) in [5, 5.41) is 5.84. The highest BCUT2D eigenvalue weighted by atomic mass is 79.9. The topological polar surface area (TPSA) is 30.7 Å². The van der Waals surface area contributed by atoms with Gasteiger partial charge in [-0.25, -0.2) is 9.67 Å². The number of aryl methyl sites for hydroxylation is 1. The van der Waals surface area contributed by atoms with E-state index in [1.807, 2.05) is 4.68 Å². The Bertz CT molecular complexity index is 466. The molecule has 2 aromatic rings. The lowest BCUT2D eigenvalue weighted by atomic mass is 10.3. The molecular weight excluding hydrogens is 265 g/mol. The van der Waals surface area contributed by atoms with Crippen LogP contribution in [0.3, 0.4) is 0 Å². The molecule has 5 heteroatoms. The summed E-state index contributed by atoms with van der Waals surface area (Å²) in [6.07, 6.45) is 4.47. The van der Waals surface area contributed by atoms with Gasteiger partial charge in [0.25, 0.3) is 0 Å². The number of rotatable bonds is 2. The average molecular weight is 275 g/mol. The van der Waals surface area contributed by atoms with E-state index in [2.05, 4.69) is 32.9 Å². The molecule has 0 atom stereocenters. The van der Waals surface area contributed by atoms with Crippen LogP contribution in [-0.2, 0) is 6.54 Å². The largest absolute Gasteiger partial charge is 0.247 e. The van der Waals surface area contributed by atoms with E-state index in [-0.39, 0.29) is 0 Å². The molecule has 2 heterocycles. The van der Waals surface area contributed by atoms with Crippen LogP contribution in [0.25, 0.3) is 11.0 Å². The molecule has 0 aliphatic rings. The predicted octanol–water partition coefficient (Wildman–Crippen LogP) is 3.26. The molecule has 0 unspecified atom stereocenters. The van der Waals surface area contributed by atoms with Crippen LogP contribution >= 0.6 is 27.5 Å². The van der Waals surface area contributed by atoms with E-state index in [0.717, 1.165) is 28.5 Å². The van der Waals surface area contributed by atoms with Crippen LogP contribution in [0.15, 0.2) is 16.9 Å². The summed E-state index contributed by atoms with van der Waals surface area (Å²) in [5.41, 5.74) is 0.878. The van der Waals surface area contributed by atoms with E-state index in [1.54, 1.807) is 12.4 Å². The van der Waals surface area contributed by atoms with E-state index in [0.29, 0.717) is 5.02 Å². The van der Waals surface area contributed by atoms with Crippen LogP contribution < -0.4 is 0 Å². The zero-order valence-electron chi connectivity index (χ0n) is 7.67. The third-order valence-electron chi connectivity index (χ3n) is 1.99. The van der Waals surface area contributed by atoms with Gasteiger partial charge in [-0.2, -0.15) is 5.10 Å². The molecule has 2 aromatic heterocycles. The lowest BCUT2D eigenvalue weighted by Crippen LogP contribution is -1.99. The van der Waals surface area contributed by atoms with Crippen molar-refractivity contribution in [3.05, 3.63) is 21.9 Å². The van der Waals surface area contributed by atoms with Crippen molar-refractivity contribution >= 4 is 38.6 Å². The maximum atomic E-state index is 5.93. The Hall–Kier alpha value is -0.610. The Balaban J connectivity index is 2.64. The highest BCUT2D eigenvalue weighted by Gasteiger charge is 2.09. The van der Waals surface area contributed by atoms with E-state index in [4.69, 9.17) is 11.6 Å². The molecule has 0 N–H and O–H groups in total. The molecule has 0 saturated heterocycles. The monoisotopic (exact) mass is 273 g/mol. The van der Waals surface area contributed by atoms with Gasteiger partial charge in [-0.3, -0.25) is 0 Å². The predicted molar refractivity (Wildman–Crippen MR) is 60.5 cm³/mol. The number of hydrogen-bond acceptors (Lipinski definition) is 2. The van der Waals surface area contributed by atoms with Gasteiger partial charge in [0, 0.05) is 12.7 Å². The Morgan fingerprint density at radius 1 is 1.50 bits per heavy atom. The van der Waals surface area contributed by atoms with Gasteiger partial charge < -0.3 is 0 Å². The molecule has 0 spiro atoms. The maximum absolute atomic E-state index is 5.93. The maximum Gasteiger partial charge on any atom is 0.158 e. The number of fused-ring (bicyclic) bond motifs is 1. The van der Waals surface area contributed by atoms with Crippen LogP contribution in [0.1, 0.15) is 13.3 Å². The zero-order valence-corrected chi connectivity index (χ0v) is 10.0. The van der Waals surface area contributed by atoms with Gasteiger partial charge in [-0.05, 0) is 22.4 Å². The fraction of sp³-hybridized carbons (Fsp3) is 0.333. The second kappa shape index (κ2) is 3.87. The average Bonchev–Trinajstić information content (AvgIpc) is 2.57. The second-order valence-electron chi connectivity index (χ2n) is 3.03. The molecule has 0 aliphatic carbocycles. The van der Waals surface area contributed by atoms with Crippen LogP contribution in [-0.4, -0.2) is 14.8 Å². The minimum absolute atomic E-state index is 0.619. The quantitative estimate of drug-likeness (QED) is 0.841. The summed E-state index contributed by atoms with van der Waals surface area (Å²) in [4.78, 5) is 4.26. The summed E-state index contributed by atoms with van der Waals surface area (Å²) in [7, 11) is 0. The number of pyridine rings is 1. The fourth-order valence-corrected chi connectivity index (χ4v) is 1.88. The number of halogens is 2. The van der Waals surface area contributed by atoms with Crippen LogP contribution in [0.2, 0.25) is 5.02 Å². The van der Waals surface area contributed by atoms with Crippen molar-refractivity contribution in [2.75, 3.05) is 0 Å². The number of nitrogens with zero attached hydrogens (tertiary/aromatic N) is 3. The number of hydrogen-bond donors (Lipinski definition) is 0. The van der Waals surface area contributed by atoms with Gasteiger partial charge in [0.15, 0.2) is 5.65 Å². The van der Waals surface area contributed by atoms with E-state index in [1.165, 1.54) is 0 Å². The van der Waals surface area contributed by atoms with Crippen molar-refractivity contribution in [2.45, 2.75) is 19.9 Å². The molecule has 74 valence electrons. The summed E-state index contributed by atoms with van der Waals surface area (Å²) >= 11 is 9.35. The first-order valence-corrected chi connectivity index (χ1v) is 5.56. The summed E-state index contributed by atoms with van der Waals surface area (Å²) < 4.78 is 2.75. The van der Waals surface area contributed by atoms with Gasteiger partial charge in [0.1, 0.15) is 0 Å². The third-order valence-corrected chi connectivity index (χ3v) is 3.36. The highest BCUT2D eigenvalue weighted by molar-refractivity contribution is 9.10. The molecule has 0 bridgehead atoms.